The van der Waals surface area contributed by atoms with E-state index in [0.717, 1.165) is 27.6 Å². The summed E-state index contributed by atoms with van der Waals surface area (Å²) < 4.78 is 16.5. The zero-order valence-corrected chi connectivity index (χ0v) is 15.8. The molecule has 3 aromatic carbocycles. The molecule has 2 N–H and O–H groups in total. The van der Waals surface area contributed by atoms with Gasteiger partial charge in [-0.25, -0.2) is 4.79 Å². The molecule has 0 saturated heterocycles. The third-order valence-corrected chi connectivity index (χ3v) is 4.93. The fourth-order valence-electron chi connectivity index (χ4n) is 3.63. The maximum Gasteiger partial charge on any atom is 0.340 e. The van der Waals surface area contributed by atoms with Crippen molar-refractivity contribution in [2.45, 2.75) is 12.8 Å². The van der Waals surface area contributed by atoms with Crippen LogP contribution in [0.25, 0.3) is 10.8 Å². The molecule has 0 fully saturated rings. The van der Waals surface area contributed by atoms with E-state index in [2.05, 4.69) is 0 Å². The lowest BCUT2D eigenvalue weighted by molar-refractivity contribution is -0.139. The molecule has 0 aliphatic carbocycles. The van der Waals surface area contributed by atoms with Gasteiger partial charge < -0.3 is 19.9 Å². The molecule has 1 heterocycles. The molecule has 1 aliphatic rings. The molecular weight excluding hydrogens is 354 g/mol. The molecule has 0 radical (unpaired) electrons. The minimum atomic E-state index is -0.473. The van der Waals surface area contributed by atoms with Crippen molar-refractivity contribution < 1.29 is 19.0 Å². The van der Waals surface area contributed by atoms with E-state index < -0.39 is 11.9 Å². The first-order chi connectivity index (χ1) is 13.6. The Labute approximate surface area is 163 Å². The highest BCUT2D eigenvalue weighted by Crippen LogP contribution is 2.46. The van der Waals surface area contributed by atoms with Crippen LogP contribution in [0.3, 0.4) is 0 Å². The molecule has 0 amide bonds. The standard InChI is InChI=1S/C23H21NO4/c1-3-27-23(25)20-19(15-8-11-16(26-2)12-9-15)18-13-10-14-6-4-5-7-17(14)21(18)28-22(20)24/h4-13,19H,3,24H2,1-2H3/t19-/m1/s1. The van der Waals surface area contributed by atoms with Crippen LogP contribution in [-0.2, 0) is 9.53 Å². The van der Waals surface area contributed by atoms with Crippen LogP contribution in [0.5, 0.6) is 11.5 Å². The quantitative estimate of drug-likeness (QED) is 0.695. The van der Waals surface area contributed by atoms with Gasteiger partial charge >= 0.3 is 5.97 Å². The minimum absolute atomic E-state index is 0.0723. The monoisotopic (exact) mass is 375 g/mol. The molecule has 0 saturated carbocycles. The molecule has 1 atom stereocenters. The van der Waals surface area contributed by atoms with Crippen LogP contribution in [0, 0.1) is 0 Å². The summed E-state index contributed by atoms with van der Waals surface area (Å²) in [4.78, 5) is 12.7. The van der Waals surface area contributed by atoms with E-state index in [0.29, 0.717) is 11.3 Å². The first-order valence-corrected chi connectivity index (χ1v) is 9.14. The second-order valence-electron chi connectivity index (χ2n) is 6.51. The molecule has 28 heavy (non-hydrogen) atoms. The summed E-state index contributed by atoms with van der Waals surface area (Å²) in [6, 6.07) is 19.5. The first kappa shape index (κ1) is 17.9. The van der Waals surface area contributed by atoms with Crippen LogP contribution >= 0.6 is 0 Å². The maximum atomic E-state index is 12.7. The van der Waals surface area contributed by atoms with E-state index in [1.165, 1.54) is 0 Å². The van der Waals surface area contributed by atoms with Crippen LogP contribution in [0.2, 0.25) is 0 Å². The smallest absolute Gasteiger partial charge is 0.340 e. The number of esters is 1. The average molecular weight is 375 g/mol. The summed E-state index contributed by atoms with van der Waals surface area (Å²) in [6.07, 6.45) is 0. The summed E-state index contributed by atoms with van der Waals surface area (Å²) in [6.45, 7) is 2.03. The van der Waals surface area contributed by atoms with Gasteiger partial charge in [-0.3, -0.25) is 0 Å². The molecule has 142 valence electrons. The summed E-state index contributed by atoms with van der Waals surface area (Å²) in [5.41, 5.74) is 8.33. The molecule has 5 heteroatoms. The van der Waals surface area contributed by atoms with Crippen molar-refractivity contribution in [1.82, 2.24) is 0 Å². The van der Waals surface area contributed by atoms with E-state index in [1.54, 1.807) is 14.0 Å². The molecular formula is C23H21NO4. The van der Waals surface area contributed by atoms with Gasteiger partial charge in [0.25, 0.3) is 0 Å². The number of nitrogens with two attached hydrogens (primary N) is 1. The molecule has 0 aromatic heterocycles. The Morgan fingerprint density at radius 2 is 1.82 bits per heavy atom. The third-order valence-electron chi connectivity index (χ3n) is 4.93. The first-order valence-electron chi connectivity index (χ1n) is 9.14. The Morgan fingerprint density at radius 1 is 1.07 bits per heavy atom. The van der Waals surface area contributed by atoms with Crippen molar-refractivity contribution in [2.75, 3.05) is 13.7 Å². The van der Waals surface area contributed by atoms with Crippen LogP contribution in [0.15, 0.2) is 72.1 Å². The summed E-state index contributed by atoms with van der Waals surface area (Å²) in [5.74, 6) is 0.620. The van der Waals surface area contributed by atoms with Gasteiger partial charge in [0.05, 0.1) is 19.6 Å². The highest BCUT2D eigenvalue weighted by molar-refractivity contribution is 5.96. The SMILES string of the molecule is CCOC(=O)C1=C(N)Oc2c(ccc3ccccc23)[C@H]1c1ccc(OC)cc1. The van der Waals surface area contributed by atoms with Gasteiger partial charge in [-0.15, -0.1) is 0 Å². The van der Waals surface area contributed by atoms with Gasteiger partial charge in [0.2, 0.25) is 5.88 Å². The average Bonchev–Trinajstić information content (AvgIpc) is 2.73. The Morgan fingerprint density at radius 3 is 2.54 bits per heavy atom. The van der Waals surface area contributed by atoms with Gasteiger partial charge in [0.15, 0.2) is 0 Å². The lowest BCUT2D eigenvalue weighted by Gasteiger charge is -2.29. The van der Waals surface area contributed by atoms with E-state index in [4.69, 9.17) is 19.9 Å². The number of carbonyl (C=O) groups is 1. The Kier molecular flexibility index (Phi) is 4.65. The minimum Gasteiger partial charge on any atom is -0.497 e. The van der Waals surface area contributed by atoms with Crippen molar-refractivity contribution in [2.24, 2.45) is 5.73 Å². The van der Waals surface area contributed by atoms with Crippen LogP contribution in [0.4, 0.5) is 0 Å². The molecule has 5 nitrogen and oxygen atoms in total. The molecule has 4 rings (SSSR count). The van der Waals surface area contributed by atoms with Gasteiger partial charge in [-0.2, -0.15) is 0 Å². The Balaban J connectivity index is 1.94. The second kappa shape index (κ2) is 7.27. The predicted molar refractivity (Wildman–Crippen MR) is 107 cm³/mol. The van der Waals surface area contributed by atoms with E-state index in [-0.39, 0.29) is 12.5 Å². The molecule has 0 unspecified atom stereocenters. The van der Waals surface area contributed by atoms with E-state index >= 15 is 0 Å². The van der Waals surface area contributed by atoms with Gasteiger partial charge in [-0.1, -0.05) is 48.5 Å². The van der Waals surface area contributed by atoms with Gasteiger partial charge in [0, 0.05) is 10.9 Å². The summed E-state index contributed by atoms with van der Waals surface area (Å²) >= 11 is 0. The van der Waals surface area contributed by atoms with Gasteiger partial charge in [-0.05, 0) is 30.0 Å². The number of hydrogen-bond donors (Lipinski definition) is 1. The van der Waals surface area contributed by atoms with Crippen molar-refractivity contribution in [3.63, 3.8) is 0 Å². The lowest BCUT2D eigenvalue weighted by Crippen LogP contribution is -2.27. The number of ether oxygens (including phenoxy) is 3. The van der Waals surface area contributed by atoms with Crippen molar-refractivity contribution in [1.29, 1.82) is 0 Å². The van der Waals surface area contributed by atoms with Crippen LogP contribution in [-0.4, -0.2) is 19.7 Å². The highest BCUT2D eigenvalue weighted by atomic mass is 16.5. The molecule has 1 aliphatic heterocycles. The predicted octanol–water partition coefficient (Wildman–Crippen LogP) is 4.11. The number of benzene rings is 3. The number of fused-ring (bicyclic) bond motifs is 3. The lowest BCUT2D eigenvalue weighted by atomic mass is 9.82. The molecule has 0 spiro atoms. The van der Waals surface area contributed by atoms with Crippen LogP contribution < -0.4 is 15.2 Å². The Hall–Kier alpha value is -3.47. The van der Waals surface area contributed by atoms with Gasteiger partial charge in [0.1, 0.15) is 17.1 Å². The fraction of sp³-hybridized carbons (Fsp3) is 0.174. The maximum absolute atomic E-state index is 12.7. The van der Waals surface area contributed by atoms with E-state index in [1.807, 2.05) is 60.7 Å². The Bertz CT molecular complexity index is 1070. The third kappa shape index (κ3) is 2.95. The number of hydrogen-bond acceptors (Lipinski definition) is 5. The van der Waals surface area contributed by atoms with E-state index in [9.17, 15) is 4.79 Å². The molecule has 3 aromatic rings. The topological polar surface area (TPSA) is 70.8 Å². The molecule has 0 bridgehead atoms. The zero-order valence-electron chi connectivity index (χ0n) is 15.8. The second-order valence-corrected chi connectivity index (χ2v) is 6.51. The number of rotatable bonds is 4. The normalized spacial score (nSPS) is 15.7. The van der Waals surface area contributed by atoms with Crippen molar-refractivity contribution in [3.8, 4) is 11.5 Å². The number of methoxy groups -OCH3 is 1. The van der Waals surface area contributed by atoms with Crippen LogP contribution in [0.1, 0.15) is 24.0 Å². The summed E-state index contributed by atoms with van der Waals surface area (Å²) in [7, 11) is 1.62. The largest absolute Gasteiger partial charge is 0.497 e. The number of carbonyl (C=O) groups excluding carboxylic acids is 1. The van der Waals surface area contributed by atoms with Crippen molar-refractivity contribution >= 4 is 16.7 Å². The highest BCUT2D eigenvalue weighted by Gasteiger charge is 2.36. The fourth-order valence-corrected chi connectivity index (χ4v) is 3.63. The van der Waals surface area contributed by atoms with Crippen molar-refractivity contribution in [3.05, 3.63) is 83.2 Å². The summed E-state index contributed by atoms with van der Waals surface area (Å²) in [5, 5.41) is 1.99. The zero-order chi connectivity index (χ0) is 19.7.